The molecule has 24 heavy (non-hydrogen) atoms. The molecule has 3 rings (SSSR count). The van der Waals surface area contributed by atoms with Gasteiger partial charge in [-0.3, -0.25) is 4.90 Å². The van der Waals surface area contributed by atoms with E-state index in [1.54, 1.807) is 0 Å². The normalized spacial score (nSPS) is 19.6. The summed E-state index contributed by atoms with van der Waals surface area (Å²) in [5, 5.41) is 7.69. The van der Waals surface area contributed by atoms with Crippen molar-refractivity contribution < 1.29 is 4.52 Å². The lowest BCUT2D eigenvalue weighted by Crippen LogP contribution is -2.45. The zero-order chi connectivity index (χ0) is 16.8. The largest absolute Gasteiger partial charge is 0.340 e. The van der Waals surface area contributed by atoms with Crippen molar-refractivity contribution in [3.63, 3.8) is 0 Å². The molecule has 1 N–H and O–H groups in total. The number of hydrogen-bond donors (Lipinski definition) is 1. The first-order valence-corrected chi connectivity index (χ1v) is 8.66. The van der Waals surface area contributed by atoms with E-state index in [9.17, 15) is 0 Å². The van der Waals surface area contributed by atoms with E-state index in [4.69, 9.17) is 4.52 Å². The maximum atomic E-state index is 5.06. The van der Waals surface area contributed by atoms with Crippen LogP contribution in [0.5, 0.6) is 0 Å². The van der Waals surface area contributed by atoms with Gasteiger partial charge in [0.05, 0.1) is 6.54 Å². The smallest absolute Gasteiger partial charge is 0.223 e. The third-order valence-corrected chi connectivity index (χ3v) is 4.32. The number of nitrogens with zero attached hydrogens (tertiary/aromatic N) is 3. The molecule has 1 saturated heterocycles. The molecule has 1 aliphatic heterocycles. The number of nitrogens with one attached hydrogen (secondary N) is 1. The van der Waals surface area contributed by atoms with Crippen LogP contribution in [0.3, 0.4) is 0 Å². The number of likely N-dealkylation sites (tertiary alicyclic amines) is 1. The number of aromatic nitrogens is 2. The van der Waals surface area contributed by atoms with Crippen molar-refractivity contribution in [2.24, 2.45) is 0 Å². The summed E-state index contributed by atoms with van der Waals surface area (Å²) in [6.07, 6.45) is 4.67. The van der Waals surface area contributed by atoms with Crippen LogP contribution in [0.1, 0.15) is 37.0 Å². The van der Waals surface area contributed by atoms with Gasteiger partial charge >= 0.3 is 0 Å². The molecule has 5 heteroatoms. The van der Waals surface area contributed by atoms with Gasteiger partial charge in [-0.2, -0.15) is 4.98 Å². The van der Waals surface area contributed by atoms with E-state index < -0.39 is 0 Å². The fraction of sp³-hybridized carbons (Fsp3) is 0.474. The monoisotopic (exact) mass is 326 g/mol. The first-order chi connectivity index (χ1) is 11.7. The minimum Gasteiger partial charge on any atom is -0.340 e. The topological polar surface area (TPSA) is 54.2 Å². The van der Waals surface area contributed by atoms with Gasteiger partial charge in [-0.05, 0) is 31.9 Å². The SMILES string of the molecule is C/C(=C\c1ccccc1)CNC1CCCN(Cc2noc(C)n2)C1. The summed E-state index contributed by atoms with van der Waals surface area (Å²) in [7, 11) is 0. The first kappa shape index (κ1) is 16.9. The second-order valence-corrected chi connectivity index (χ2v) is 6.59. The van der Waals surface area contributed by atoms with Crippen LogP contribution in [0.15, 0.2) is 40.4 Å². The van der Waals surface area contributed by atoms with Crippen LogP contribution in [0.4, 0.5) is 0 Å². The molecule has 0 radical (unpaired) electrons. The molecule has 1 unspecified atom stereocenters. The Hall–Kier alpha value is -1.98. The Morgan fingerprint density at radius 1 is 1.38 bits per heavy atom. The molecule has 2 aromatic rings. The van der Waals surface area contributed by atoms with Gasteiger partial charge in [-0.1, -0.05) is 47.1 Å². The highest BCUT2D eigenvalue weighted by atomic mass is 16.5. The van der Waals surface area contributed by atoms with Gasteiger partial charge in [-0.25, -0.2) is 0 Å². The standard InChI is InChI=1S/C19H26N4O/c1-15(11-17-7-4-3-5-8-17)12-20-18-9-6-10-23(13-18)14-19-21-16(2)24-22-19/h3-5,7-8,11,18,20H,6,9-10,12-14H2,1-2H3/b15-11+. The molecule has 0 saturated carbocycles. The molecule has 2 heterocycles. The van der Waals surface area contributed by atoms with Crippen molar-refractivity contribution in [2.75, 3.05) is 19.6 Å². The summed E-state index contributed by atoms with van der Waals surface area (Å²) in [6.45, 7) is 7.85. The second-order valence-electron chi connectivity index (χ2n) is 6.59. The van der Waals surface area contributed by atoms with Gasteiger partial charge < -0.3 is 9.84 Å². The molecule has 0 bridgehead atoms. The minimum atomic E-state index is 0.519. The van der Waals surface area contributed by atoms with Crippen molar-refractivity contribution >= 4 is 6.08 Å². The third kappa shape index (κ3) is 5.01. The summed E-state index contributed by atoms with van der Waals surface area (Å²) < 4.78 is 5.06. The number of rotatable bonds is 6. The molecule has 1 fully saturated rings. The molecule has 1 aromatic carbocycles. The second kappa shape index (κ2) is 8.22. The Labute approximate surface area is 143 Å². The van der Waals surface area contributed by atoms with Gasteiger partial charge in [-0.15, -0.1) is 0 Å². The zero-order valence-corrected chi connectivity index (χ0v) is 14.5. The summed E-state index contributed by atoms with van der Waals surface area (Å²) in [4.78, 5) is 6.71. The van der Waals surface area contributed by atoms with Gasteiger partial charge in [0.1, 0.15) is 0 Å². The van der Waals surface area contributed by atoms with Gasteiger partial charge in [0.15, 0.2) is 5.82 Å². The third-order valence-electron chi connectivity index (χ3n) is 4.32. The van der Waals surface area contributed by atoms with Gasteiger partial charge in [0, 0.05) is 26.1 Å². The van der Waals surface area contributed by atoms with Crippen molar-refractivity contribution in [3.8, 4) is 0 Å². The lowest BCUT2D eigenvalue weighted by atomic mass is 10.0. The molecular formula is C19H26N4O. The number of aryl methyl sites for hydroxylation is 1. The molecule has 1 atom stereocenters. The Morgan fingerprint density at radius 2 is 2.21 bits per heavy atom. The van der Waals surface area contributed by atoms with Crippen LogP contribution in [-0.2, 0) is 6.54 Å². The van der Waals surface area contributed by atoms with E-state index in [0.717, 1.165) is 32.0 Å². The Morgan fingerprint density at radius 3 is 2.96 bits per heavy atom. The van der Waals surface area contributed by atoms with Crippen LogP contribution >= 0.6 is 0 Å². The fourth-order valence-corrected chi connectivity index (χ4v) is 3.16. The van der Waals surface area contributed by atoms with Crippen LogP contribution in [0.25, 0.3) is 6.08 Å². The van der Waals surface area contributed by atoms with Crippen molar-refractivity contribution in [2.45, 2.75) is 39.3 Å². The molecule has 0 amide bonds. The van der Waals surface area contributed by atoms with E-state index in [-0.39, 0.29) is 0 Å². The molecule has 1 aromatic heterocycles. The van der Waals surface area contributed by atoms with E-state index in [1.807, 2.05) is 13.0 Å². The summed E-state index contributed by atoms with van der Waals surface area (Å²) in [6, 6.07) is 11.0. The maximum absolute atomic E-state index is 5.06. The molecular weight excluding hydrogens is 300 g/mol. The van der Waals surface area contributed by atoms with Crippen molar-refractivity contribution in [1.82, 2.24) is 20.4 Å². The van der Waals surface area contributed by atoms with E-state index in [0.29, 0.717) is 11.9 Å². The Bertz CT molecular complexity index is 665. The average Bonchev–Trinajstić information content (AvgIpc) is 2.99. The fourth-order valence-electron chi connectivity index (χ4n) is 3.16. The quantitative estimate of drug-likeness (QED) is 0.884. The van der Waals surface area contributed by atoms with E-state index in [2.05, 4.69) is 57.6 Å². The predicted molar refractivity (Wildman–Crippen MR) is 95.4 cm³/mol. The molecule has 128 valence electrons. The summed E-state index contributed by atoms with van der Waals surface area (Å²) >= 11 is 0. The highest BCUT2D eigenvalue weighted by Crippen LogP contribution is 2.13. The van der Waals surface area contributed by atoms with Gasteiger partial charge in [0.2, 0.25) is 5.89 Å². The first-order valence-electron chi connectivity index (χ1n) is 8.66. The Kier molecular flexibility index (Phi) is 5.77. The van der Waals surface area contributed by atoms with E-state index >= 15 is 0 Å². The van der Waals surface area contributed by atoms with Crippen molar-refractivity contribution in [1.29, 1.82) is 0 Å². The molecule has 0 aliphatic carbocycles. The Balaban J connectivity index is 1.47. The lowest BCUT2D eigenvalue weighted by Gasteiger charge is -2.32. The molecule has 5 nitrogen and oxygen atoms in total. The molecule has 1 aliphatic rings. The van der Waals surface area contributed by atoms with Crippen molar-refractivity contribution in [3.05, 3.63) is 53.2 Å². The minimum absolute atomic E-state index is 0.519. The van der Waals surface area contributed by atoms with E-state index in [1.165, 1.54) is 24.0 Å². The van der Waals surface area contributed by atoms with Crippen LogP contribution in [-0.4, -0.2) is 40.7 Å². The van der Waals surface area contributed by atoms with Gasteiger partial charge in [0.25, 0.3) is 0 Å². The summed E-state index contributed by atoms with van der Waals surface area (Å²) in [5.74, 6) is 1.42. The number of hydrogen-bond acceptors (Lipinski definition) is 5. The van der Waals surface area contributed by atoms with Crippen LogP contribution < -0.4 is 5.32 Å². The summed E-state index contributed by atoms with van der Waals surface area (Å²) in [5.41, 5.74) is 2.61. The molecule has 0 spiro atoms. The van der Waals surface area contributed by atoms with Crippen LogP contribution in [0.2, 0.25) is 0 Å². The number of benzene rings is 1. The lowest BCUT2D eigenvalue weighted by molar-refractivity contribution is 0.179. The van der Waals surface area contributed by atoms with Crippen LogP contribution in [0, 0.1) is 6.92 Å². The highest BCUT2D eigenvalue weighted by molar-refractivity contribution is 5.52. The average molecular weight is 326 g/mol. The predicted octanol–water partition coefficient (Wildman–Crippen LogP) is 3.04. The highest BCUT2D eigenvalue weighted by Gasteiger charge is 2.20. The zero-order valence-electron chi connectivity index (χ0n) is 14.5. The maximum Gasteiger partial charge on any atom is 0.223 e. The number of piperidine rings is 1.